The molecule has 378 valence electrons. The number of fused-ring (bicyclic) bond motifs is 3. The Labute approximate surface area is 434 Å². The summed E-state index contributed by atoms with van der Waals surface area (Å²) < 4.78 is 49.6. The van der Waals surface area contributed by atoms with Crippen molar-refractivity contribution in [2.24, 2.45) is 38.9 Å². The summed E-state index contributed by atoms with van der Waals surface area (Å²) in [6, 6.07) is 40.7. The number of hydrogen-bond donors (Lipinski definition) is 0. The van der Waals surface area contributed by atoms with E-state index in [4.69, 9.17) is 0 Å². The zero-order chi connectivity index (χ0) is 53.2. The highest BCUT2D eigenvalue weighted by Gasteiger charge is 2.23. The van der Waals surface area contributed by atoms with Gasteiger partial charge in [-0.15, -0.1) is 0 Å². The first-order chi connectivity index (χ1) is 34.5. The summed E-state index contributed by atoms with van der Waals surface area (Å²) in [5, 5.41) is 2.97. The maximum absolute atomic E-state index is 14.4. The van der Waals surface area contributed by atoms with Crippen LogP contribution in [0.3, 0.4) is 0 Å². The first-order valence-corrected chi connectivity index (χ1v) is 26.1. The van der Waals surface area contributed by atoms with E-state index in [-0.39, 0.29) is 17.5 Å². The minimum atomic E-state index is -0.101. The fourth-order valence-corrected chi connectivity index (χ4v) is 10.4. The number of halogens is 3. The summed E-state index contributed by atoms with van der Waals surface area (Å²) in [5.41, 5.74) is 21.7. The van der Waals surface area contributed by atoms with Crippen molar-refractivity contribution in [1.29, 1.82) is 0 Å². The van der Waals surface area contributed by atoms with Gasteiger partial charge in [0, 0.05) is 69.6 Å². The highest BCUT2D eigenvalue weighted by atomic mass is 19.1. The fraction of sp³-hybridized carbons (Fsp3) is 0.328. The molecule has 3 heterocycles. The first kappa shape index (κ1) is 54.1. The van der Waals surface area contributed by atoms with Crippen molar-refractivity contribution in [2.75, 3.05) is 0 Å². The van der Waals surface area contributed by atoms with Gasteiger partial charge in [0.2, 0.25) is 33.6 Å². The standard InChI is InChI=1S/C23H27FN.2C22H25FN/c1-14(2)11-20-18-7-9-23(25(6)22(18)10-8-21(20)24)19-13-15(3)12-16(4)17(19)5;1-14(2)12-19-17-8-10-22(18-13-15(3)6-7-16(18)4)24(5)21(17)11-9-20(19)23;1-14(2)10-18-13-22-17(12-20(18)23)8-9-21(24(22)5)19-11-15(3)6-7-16(19)4/h7-10,12-14H,11H2,1-6H3;6-11,13-14H,12H2,1-5H3;6-9,11-14H,10H2,1-5H3/q3*+1. The molecule has 0 spiro atoms. The van der Waals surface area contributed by atoms with Crippen LogP contribution in [0.4, 0.5) is 13.2 Å². The van der Waals surface area contributed by atoms with Gasteiger partial charge >= 0.3 is 0 Å². The smallest absolute Gasteiger partial charge is 0.207 e. The van der Waals surface area contributed by atoms with Crippen molar-refractivity contribution < 1.29 is 26.9 Å². The molecular formula is C67H77F3N3+3. The van der Waals surface area contributed by atoms with Crippen molar-refractivity contribution in [3.63, 3.8) is 0 Å². The molecule has 6 aromatic carbocycles. The van der Waals surface area contributed by atoms with Gasteiger partial charge in [0.05, 0.1) is 10.8 Å². The predicted molar refractivity (Wildman–Crippen MR) is 300 cm³/mol. The zero-order valence-electron chi connectivity index (χ0n) is 46.4. The highest BCUT2D eigenvalue weighted by Crippen LogP contribution is 2.31. The van der Waals surface area contributed by atoms with E-state index in [1.807, 2.05) is 24.3 Å². The van der Waals surface area contributed by atoms with Gasteiger partial charge in [0.1, 0.15) is 38.6 Å². The number of nitrogens with zero attached hydrogens (tertiary/aromatic N) is 3. The molecule has 6 heteroatoms. The topological polar surface area (TPSA) is 11.6 Å². The Morgan fingerprint density at radius 2 is 0.795 bits per heavy atom. The number of hydrogen-bond acceptors (Lipinski definition) is 0. The van der Waals surface area contributed by atoms with E-state index in [1.54, 1.807) is 18.2 Å². The zero-order valence-corrected chi connectivity index (χ0v) is 46.4. The van der Waals surface area contributed by atoms with Crippen LogP contribution in [0.1, 0.15) is 97.2 Å². The van der Waals surface area contributed by atoms with E-state index in [9.17, 15) is 13.2 Å². The molecule has 0 aliphatic carbocycles. The molecule has 3 nitrogen and oxygen atoms in total. The predicted octanol–water partition coefficient (Wildman–Crippen LogP) is 16.2. The van der Waals surface area contributed by atoms with Crippen molar-refractivity contribution >= 4 is 32.7 Å². The number of pyridine rings is 3. The second kappa shape index (κ2) is 22.6. The Morgan fingerprint density at radius 3 is 1.26 bits per heavy atom. The Bertz CT molecular complexity index is 3440. The Hall–Kier alpha value is -6.66. The molecule has 0 aliphatic rings. The molecule has 0 unspecified atom stereocenters. The van der Waals surface area contributed by atoms with Gasteiger partial charge in [-0.2, -0.15) is 13.7 Å². The van der Waals surface area contributed by atoms with Crippen LogP contribution < -0.4 is 13.7 Å². The summed E-state index contributed by atoms with van der Waals surface area (Å²) in [4.78, 5) is 0. The molecule has 0 atom stereocenters. The van der Waals surface area contributed by atoms with Crippen LogP contribution >= 0.6 is 0 Å². The van der Waals surface area contributed by atoms with Gasteiger partial charge < -0.3 is 0 Å². The summed E-state index contributed by atoms with van der Waals surface area (Å²) in [7, 11) is 6.21. The van der Waals surface area contributed by atoms with Gasteiger partial charge in [0.25, 0.3) is 0 Å². The molecule has 0 fully saturated rings. The second-order valence-electron chi connectivity index (χ2n) is 21.9. The van der Waals surface area contributed by atoms with Gasteiger partial charge in [-0.3, -0.25) is 0 Å². The van der Waals surface area contributed by atoms with E-state index in [2.05, 4.69) is 204 Å². The monoisotopic (exact) mass is 981 g/mol. The lowest BCUT2D eigenvalue weighted by molar-refractivity contribution is -0.633. The molecule has 0 bridgehead atoms. The highest BCUT2D eigenvalue weighted by molar-refractivity contribution is 5.83. The SMILES string of the molecule is Cc1cc(C)c(C)c(-c2ccc3c(CC(C)C)c(F)ccc3[n+]2C)c1.Cc1ccc(C)c(-c2ccc3c(CC(C)C)c(F)ccc3[n+]2C)c1.Cc1ccc(C)c(-c2ccc3cc(F)c(CC(C)C)cc3[n+]2C)c1. The summed E-state index contributed by atoms with van der Waals surface area (Å²) in [5.74, 6) is 0.980. The molecule has 9 aromatic rings. The molecule has 0 amide bonds. The minimum absolute atomic E-state index is 0.100. The van der Waals surface area contributed by atoms with E-state index in [0.29, 0.717) is 17.8 Å². The van der Waals surface area contributed by atoms with Crippen LogP contribution in [0.25, 0.3) is 66.5 Å². The minimum Gasteiger partial charge on any atom is -0.207 e. The number of benzene rings is 6. The van der Waals surface area contributed by atoms with Crippen molar-refractivity contribution in [3.8, 4) is 33.8 Å². The number of rotatable bonds is 9. The van der Waals surface area contributed by atoms with Crippen molar-refractivity contribution in [2.45, 2.75) is 109 Å². The Morgan fingerprint density at radius 1 is 0.370 bits per heavy atom. The molecule has 3 aromatic heterocycles. The molecule has 0 saturated carbocycles. The van der Waals surface area contributed by atoms with Gasteiger partial charge in [0.15, 0.2) is 0 Å². The maximum atomic E-state index is 14.4. The molecule has 0 radical (unpaired) electrons. The Balaban J connectivity index is 0.000000160. The van der Waals surface area contributed by atoms with E-state index < -0.39 is 0 Å². The van der Waals surface area contributed by atoms with E-state index in [1.165, 1.54) is 61.3 Å². The molecule has 0 saturated heterocycles. The van der Waals surface area contributed by atoms with Crippen LogP contribution in [-0.4, -0.2) is 0 Å². The van der Waals surface area contributed by atoms with Crippen LogP contribution in [0.15, 0.2) is 121 Å². The van der Waals surface area contributed by atoms with Crippen LogP contribution in [-0.2, 0) is 40.4 Å². The van der Waals surface area contributed by atoms with Gasteiger partial charge in [-0.05, 0) is 168 Å². The lowest BCUT2D eigenvalue weighted by Crippen LogP contribution is -2.32. The van der Waals surface area contributed by atoms with Crippen LogP contribution in [0, 0.1) is 83.7 Å². The third kappa shape index (κ3) is 11.9. The van der Waals surface area contributed by atoms with Crippen LogP contribution in [0.2, 0.25) is 0 Å². The molecule has 0 N–H and O–H groups in total. The van der Waals surface area contributed by atoms with Gasteiger partial charge in [-0.25, -0.2) is 13.2 Å². The molecule has 0 aliphatic heterocycles. The van der Waals surface area contributed by atoms with Crippen LogP contribution in [0.5, 0.6) is 0 Å². The third-order valence-corrected chi connectivity index (χ3v) is 14.4. The quantitative estimate of drug-likeness (QED) is 0.128. The average molecular weight is 981 g/mol. The summed E-state index contributed by atoms with van der Waals surface area (Å²) >= 11 is 0. The Kier molecular flexibility index (Phi) is 16.8. The molecular weight excluding hydrogens is 904 g/mol. The number of aromatic nitrogens is 3. The summed E-state index contributed by atoms with van der Waals surface area (Å²) in [6.07, 6.45) is 2.27. The fourth-order valence-electron chi connectivity index (χ4n) is 10.4. The summed E-state index contributed by atoms with van der Waals surface area (Å²) in [6.45, 7) is 27.7. The molecule has 73 heavy (non-hydrogen) atoms. The maximum Gasteiger partial charge on any atom is 0.213 e. The second-order valence-corrected chi connectivity index (χ2v) is 21.9. The normalized spacial score (nSPS) is 11.5. The van der Waals surface area contributed by atoms with E-state index in [0.717, 1.165) is 80.0 Å². The number of aryl methyl sites for hydroxylation is 9. The largest absolute Gasteiger partial charge is 0.213 e. The lowest BCUT2D eigenvalue weighted by atomic mass is 9.95. The first-order valence-electron chi connectivity index (χ1n) is 26.1. The van der Waals surface area contributed by atoms with Crippen molar-refractivity contribution in [1.82, 2.24) is 0 Å². The lowest BCUT2D eigenvalue weighted by Gasteiger charge is -2.13. The van der Waals surface area contributed by atoms with E-state index >= 15 is 0 Å². The third-order valence-electron chi connectivity index (χ3n) is 14.4. The van der Waals surface area contributed by atoms with Gasteiger partial charge in [-0.1, -0.05) is 88.6 Å². The average Bonchev–Trinajstić information content (AvgIpc) is 3.32. The molecule has 9 rings (SSSR count). The van der Waals surface area contributed by atoms with Crippen molar-refractivity contribution in [3.05, 3.63) is 194 Å².